The molecule has 4 nitrogen and oxygen atoms in total. The molecule has 2 rings (SSSR count). The third-order valence-electron chi connectivity index (χ3n) is 3.61. The van der Waals surface area contributed by atoms with Crippen molar-refractivity contribution in [1.29, 1.82) is 0 Å². The van der Waals surface area contributed by atoms with Crippen molar-refractivity contribution in [3.63, 3.8) is 0 Å². The van der Waals surface area contributed by atoms with E-state index in [1.165, 1.54) is 0 Å². The van der Waals surface area contributed by atoms with Gasteiger partial charge in [-0.05, 0) is 45.7 Å². The molecule has 1 heterocycles. The highest BCUT2D eigenvalue weighted by molar-refractivity contribution is 6.00. The Hall–Kier alpha value is -1.55. The number of carbonyl (C=O) groups is 1. The number of nitrogens with one attached hydrogen (secondary N) is 2. The first-order valence-electron chi connectivity index (χ1n) is 7.37. The fourth-order valence-corrected chi connectivity index (χ4v) is 2.58. The summed E-state index contributed by atoms with van der Waals surface area (Å²) in [4.78, 5) is 12.5. The maximum absolute atomic E-state index is 12.5. The number of hydrogen-bond donors (Lipinski definition) is 2. The molecule has 4 heteroatoms. The maximum Gasteiger partial charge on any atom is 0.253 e. The van der Waals surface area contributed by atoms with Gasteiger partial charge in [0.25, 0.3) is 5.91 Å². The van der Waals surface area contributed by atoms with Crippen LogP contribution in [0.15, 0.2) is 18.2 Å². The summed E-state index contributed by atoms with van der Waals surface area (Å²) in [6, 6.07) is 6.14. The van der Waals surface area contributed by atoms with Crippen molar-refractivity contribution in [3.05, 3.63) is 29.3 Å². The molecular formula is C16H24N2O2. The molecule has 1 saturated heterocycles. The van der Waals surface area contributed by atoms with E-state index >= 15 is 0 Å². The zero-order chi connectivity index (χ0) is 14.5. The minimum absolute atomic E-state index is 0.00347. The Labute approximate surface area is 120 Å². The van der Waals surface area contributed by atoms with Gasteiger partial charge in [0, 0.05) is 24.9 Å². The average Bonchev–Trinajstić information content (AvgIpc) is 2.41. The van der Waals surface area contributed by atoms with Crippen molar-refractivity contribution >= 4 is 11.6 Å². The van der Waals surface area contributed by atoms with Crippen LogP contribution in [0.5, 0.6) is 0 Å². The Morgan fingerprint density at radius 2 is 2.25 bits per heavy atom. The predicted octanol–water partition coefficient (Wildman–Crippen LogP) is 2.72. The van der Waals surface area contributed by atoms with Gasteiger partial charge in [0.2, 0.25) is 0 Å². The number of anilines is 1. The van der Waals surface area contributed by atoms with Crippen LogP contribution < -0.4 is 10.6 Å². The number of hydrogen-bond acceptors (Lipinski definition) is 3. The number of benzene rings is 1. The zero-order valence-electron chi connectivity index (χ0n) is 12.5. The molecule has 1 amide bonds. The van der Waals surface area contributed by atoms with Crippen molar-refractivity contribution < 1.29 is 9.53 Å². The molecule has 2 atom stereocenters. The van der Waals surface area contributed by atoms with E-state index in [2.05, 4.69) is 17.6 Å². The Morgan fingerprint density at radius 1 is 1.45 bits per heavy atom. The highest BCUT2D eigenvalue weighted by atomic mass is 16.5. The molecule has 0 saturated carbocycles. The number of rotatable bonds is 4. The molecular weight excluding hydrogens is 252 g/mol. The monoisotopic (exact) mass is 276 g/mol. The first kappa shape index (κ1) is 14.9. The van der Waals surface area contributed by atoms with Gasteiger partial charge in [0.15, 0.2) is 0 Å². The lowest BCUT2D eigenvalue weighted by Crippen LogP contribution is -2.41. The molecule has 1 aromatic carbocycles. The van der Waals surface area contributed by atoms with Crippen LogP contribution in [0.1, 0.15) is 42.6 Å². The highest BCUT2D eigenvalue weighted by Gasteiger charge is 2.22. The smallest absolute Gasteiger partial charge is 0.253 e. The molecule has 20 heavy (non-hydrogen) atoms. The van der Waals surface area contributed by atoms with Crippen LogP contribution in [0.25, 0.3) is 0 Å². The lowest BCUT2D eigenvalue weighted by Gasteiger charge is -2.28. The molecule has 0 radical (unpaired) electrons. The van der Waals surface area contributed by atoms with E-state index in [1.54, 1.807) is 0 Å². The third-order valence-corrected chi connectivity index (χ3v) is 3.61. The van der Waals surface area contributed by atoms with E-state index in [9.17, 15) is 4.79 Å². The number of amides is 1. The maximum atomic E-state index is 12.5. The topological polar surface area (TPSA) is 50.4 Å². The Bertz CT molecular complexity index is 474. The lowest BCUT2D eigenvalue weighted by atomic mass is 10.0. The van der Waals surface area contributed by atoms with Crippen LogP contribution in [0.2, 0.25) is 0 Å². The fraction of sp³-hybridized carbons (Fsp3) is 0.562. The summed E-state index contributed by atoms with van der Waals surface area (Å²) < 4.78 is 5.51. The lowest BCUT2D eigenvalue weighted by molar-refractivity contribution is 0.0137. The van der Waals surface area contributed by atoms with Crippen LogP contribution in [0.4, 0.5) is 5.69 Å². The van der Waals surface area contributed by atoms with Gasteiger partial charge < -0.3 is 15.4 Å². The SMILES string of the molecule is CCNc1ccc(C)cc1C(=O)NC1CCOC(C)C1. The highest BCUT2D eigenvalue weighted by Crippen LogP contribution is 2.19. The summed E-state index contributed by atoms with van der Waals surface area (Å²) in [5.41, 5.74) is 2.72. The molecule has 0 aromatic heterocycles. The summed E-state index contributed by atoms with van der Waals surface area (Å²) in [5.74, 6) is 0.00347. The summed E-state index contributed by atoms with van der Waals surface area (Å²) in [6.07, 6.45) is 1.99. The van der Waals surface area contributed by atoms with E-state index in [0.717, 1.165) is 42.8 Å². The zero-order valence-corrected chi connectivity index (χ0v) is 12.5. The molecule has 2 N–H and O–H groups in total. The van der Waals surface area contributed by atoms with E-state index in [4.69, 9.17) is 4.74 Å². The van der Waals surface area contributed by atoms with Crippen molar-refractivity contribution in [2.75, 3.05) is 18.5 Å². The molecule has 2 unspecified atom stereocenters. The van der Waals surface area contributed by atoms with E-state index < -0.39 is 0 Å². The van der Waals surface area contributed by atoms with Crippen molar-refractivity contribution in [1.82, 2.24) is 5.32 Å². The number of ether oxygens (including phenoxy) is 1. The summed E-state index contributed by atoms with van der Waals surface area (Å²) >= 11 is 0. The van der Waals surface area contributed by atoms with E-state index in [0.29, 0.717) is 0 Å². The first-order valence-corrected chi connectivity index (χ1v) is 7.37. The van der Waals surface area contributed by atoms with Crippen molar-refractivity contribution in [2.45, 2.75) is 45.8 Å². The molecule has 1 aliphatic rings. The van der Waals surface area contributed by atoms with Crippen LogP contribution in [-0.4, -0.2) is 31.2 Å². The second-order valence-electron chi connectivity index (χ2n) is 5.46. The van der Waals surface area contributed by atoms with Gasteiger partial charge >= 0.3 is 0 Å². The summed E-state index contributed by atoms with van der Waals surface area (Å²) in [7, 11) is 0. The largest absolute Gasteiger partial charge is 0.385 e. The van der Waals surface area contributed by atoms with Crippen molar-refractivity contribution in [2.24, 2.45) is 0 Å². The quantitative estimate of drug-likeness (QED) is 0.889. The molecule has 0 bridgehead atoms. The number of carbonyl (C=O) groups excluding carboxylic acids is 1. The van der Waals surface area contributed by atoms with Gasteiger partial charge in [-0.15, -0.1) is 0 Å². The Kier molecular flexibility index (Phi) is 5.01. The van der Waals surface area contributed by atoms with Crippen molar-refractivity contribution in [3.8, 4) is 0 Å². The van der Waals surface area contributed by atoms with Crippen LogP contribution in [-0.2, 0) is 4.74 Å². The van der Waals surface area contributed by atoms with Gasteiger partial charge in [-0.3, -0.25) is 4.79 Å². The minimum Gasteiger partial charge on any atom is -0.385 e. The van der Waals surface area contributed by atoms with Crippen LogP contribution in [0, 0.1) is 6.92 Å². The van der Waals surface area contributed by atoms with Crippen LogP contribution >= 0.6 is 0 Å². The standard InChI is InChI=1S/C16H24N2O2/c1-4-17-15-6-5-11(2)9-14(15)16(19)18-13-7-8-20-12(3)10-13/h5-6,9,12-13,17H,4,7-8,10H2,1-3H3,(H,18,19). The summed E-state index contributed by atoms with van der Waals surface area (Å²) in [5, 5.41) is 6.38. The molecule has 0 spiro atoms. The second kappa shape index (κ2) is 6.75. The molecule has 0 aliphatic carbocycles. The fourth-order valence-electron chi connectivity index (χ4n) is 2.58. The molecule has 110 valence electrons. The van der Waals surface area contributed by atoms with Gasteiger partial charge in [-0.25, -0.2) is 0 Å². The predicted molar refractivity (Wildman–Crippen MR) is 81.2 cm³/mol. The number of aryl methyl sites for hydroxylation is 1. The van der Waals surface area contributed by atoms with Gasteiger partial charge in [-0.2, -0.15) is 0 Å². The Balaban J connectivity index is 2.09. The minimum atomic E-state index is 0.00347. The molecule has 1 fully saturated rings. The van der Waals surface area contributed by atoms with Crippen LogP contribution in [0.3, 0.4) is 0 Å². The van der Waals surface area contributed by atoms with E-state index in [-0.39, 0.29) is 18.1 Å². The summed E-state index contributed by atoms with van der Waals surface area (Å²) in [6.45, 7) is 7.61. The molecule has 1 aromatic rings. The normalized spacial score (nSPS) is 22.4. The second-order valence-corrected chi connectivity index (χ2v) is 5.46. The Morgan fingerprint density at radius 3 is 2.95 bits per heavy atom. The van der Waals surface area contributed by atoms with Gasteiger partial charge in [-0.1, -0.05) is 11.6 Å². The van der Waals surface area contributed by atoms with E-state index in [1.807, 2.05) is 32.0 Å². The third kappa shape index (κ3) is 3.73. The first-order chi connectivity index (χ1) is 9.60. The van der Waals surface area contributed by atoms with Gasteiger partial charge in [0.1, 0.15) is 0 Å². The van der Waals surface area contributed by atoms with Gasteiger partial charge in [0.05, 0.1) is 11.7 Å². The molecule has 1 aliphatic heterocycles. The average molecular weight is 276 g/mol.